The number of aliphatic hydroxyl groups excluding tert-OH is 1. The lowest BCUT2D eigenvalue weighted by Crippen LogP contribution is -2.45. The van der Waals surface area contributed by atoms with Gasteiger partial charge < -0.3 is 44.4 Å². The number of aliphatic hydroxyl groups is 1. The number of nitrogens with one attached hydrogen (secondary N) is 2. The van der Waals surface area contributed by atoms with Crippen LogP contribution in [0.2, 0.25) is 0 Å². The highest BCUT2D eigenvalue weighted by molar-refractivity contribution is 7.66. The van der Waals surface area contributed by atoms with Crippen LogP contribution in [0, 0.1) is 10.1 Å². The molecule has 2 aliphatic heterocycles. The maximum atomic E-state index is 12.9. The molecule has 342 valence electrons. The quantitative estimate of drug-likeness (QED) is 0.0377. The second-order valence-electron chi connectivity index (χ2n) is 14.5. The van der Waals surface area contributed by atoms with E-state index in [1.165, 1.54) is 43.5 Å². The van der Waals surface area contributed by atoms with Gasteiger partial charge in [-0.3, -0.25) is 33.8 Å². The predicted molar refractivity (Wildman–Crippen MR) is 222 cm³/mol. The summed E-state index contributed by atoms with van der Waals surface area (Å²) in [5.74, 6) is 0.161. The van der Waals surface area contributed by atoms with Gasteiger partial charge in [0.25, 0.3) is 11.2 Å². The first-order chi connectivity index (χ1) is 29.4. The molecule has 1 saturated heterocycles. The third-order valence-electron chi connectivity index (χ3n) is 9.44. The molecule has 5 rings (SSSR count). The van der Waals surface area contributed by atoms with Crippen molar-refractivity contribution in [3.8, 4) is 5.75 Å². The molecule has 2 aliphatic rings. The SMILES string of the molecule is COc1cc2c(cc1/N=N/c1ccc([N+](=O)[O-])cc1)C(C)=CC(C)(C)N2CCCC(=O)NC/C=C/c1cn([C@H]2CC(O)C(COP(=O)(O)OP(=O)(O)OP(=O)(O)O)O2)c(=O)[nH]c1=O. The summed E-state index contributed by atoms with van der Waals surface area (Å²) in [7, 11) is -15.4. The molecule has 0 aliphatic carbocycles. The summed E-state index contributed by atoms with van der Waals surface area (Å²) in [5, 5.41) is 32.8. The molecular formula is C35H44N7O18P3. The number of azo groups is 1. The predicted octanol–water partition coefficient (Wildman–Crippen LogP) is 4.47. The molecular weight excluding hydrogens is 899 g/mol. The zero-order chi connectivity index (χ0) is 46.5. The topological polar surface area (TPSA) is 354 Å². The van der Waals surface area contributed by atoms with Crippen molar-refractivity contribution in [3.63, 3.8) is 0 Å². The van der Waals surface area contributed by atoms with Crippen LogP contribution in [0.3, 0.4) is 0 Å². The molecule has 25 nitrogen and oxygen atoms in total. The van der Waals surface area contributed by atoms with E-state index >= 15 is 0 Å². The van der Waals surface area contributed by atoms with Gasteiger partial charge in [0.2, 0.25) is 5.91 Å². The fourth-order valence-corrected chi connectivity index (χ4v) is 9.71. The number of fused-ring (bicyclic) bond motifs is 1. The Hall–Kier alpha value is -5.00. The van der Waals surface area contributed by atoms with Crippen molar-refractivity contribution in [2.75, 3.05) is 31.7 Å². The number of allylic oxidation sites excluding steroid dienone is 1. The van der Waals surface area contributed by atoms with Crippen LogP contribution in [-0.4, -0.2) is 89.6 Å². The Bertz CT molecular complexity index is 2570. The van der Waals surface area contributed by atoms with Gasteiger partial charge in [-0.25, -0.2) is 18.5 Å². The zero-order valence-corrected chi connectivity index (χ0v) is 36.6. The Balaban J connectivity index is 1.15. The fourth-order valence-electron chi connectivity index (χ4n) is 6.68. The van der Waals surface area contributed by atoms with Crippen molar-refractivity contribution in [3.05, 3.63) is 96.8 Å². The molecule has 4 unspecified atom stereocenters. The average Bonchev–Trinajstić information content (AvgIpc) is 3.54. The summed E-state index contributed by atoms with van der Waals surface area (Å²) < 4.78 is 58.4. The number of phosphoric ester groups is 1. The summed E-state index contributed by atoms with van der Waals surface area (Å²) in [6.07, 6.45) is 2.21. The molecule has 7 N–H and O–H groups in total. The Labute approximate surface area is 357 Å². The molecule has 0 bridgehead atoms. The summed E-state index contributed by atoms with van der Waals surface area (Å²) in [5.41, 5.74) is 1.31. The average molecular weight is 944 g/mol. The van der Waals surface area contributed by atoms with E-state index in [1.807, 2.05) is 32.9 Å². The summed E-state index contributed by atoms with van der Waals surface area (Å²) in [6.45, 7) is 5.58. The molecule has 0 radical (unpaired) electrons. The van der Waals surface area contributed by atoms with Crippen molar-refractivity contribution >= 4 is 63.8 Å². The number of nitro groups is 1. The Morgan fingerprint density at radius 3 is 2.44 bits per heavy atom. The maximum Gasteiger partial charge on any atom is 0.490 e. The van der Waals surface area contributed by atoms with E-state index < -0.39 is 70.2 Å². The van der Waals surface area contributed by atoms with Gasteiger partial charge in [-0.15, -0.1) is 5.11 Å². The van der Waals surface area contributed by atoms with E-state index in [2.05, 4.69) is 44.7 Å². The number of aromatic amines is 1. The van der Waals surface area contributed by atoms with E-state index in [1.54, 1.807) is 0 Å². The van der Waals surface area contributed by atoms with Crippen molar-refractivity contribution in [2.24, 2.45) is 10.2 Å². The van der Waals surface area contributed by atoms with Crippen LogP contribution in [0.1, 0.15) is 57.4 Å². The van der Waals surface area contributed by atoms with Gasteiger partial charge in [-0.05, 0) is 51.0 Å². The van der Waals surface area contributed by atoms with Gasteiger partial charge in [0.05, 0.1) is 41.5 Å². The Morgan fingerprint density at radius 1 is 1.10 bits per heavy atom. The number of hydrogen-bond donors (Lipinski definition) is 7. The van der Waals surface area contributed by atoms with Crippen molar-refractivity contribution < 1.29 is 70.7 Å². The van der Waals surface area contributed by atoms with E-state index in [0.717, 1.165) is 27.6 Å². The van der Waals surface area contributed by atoms with Crippen LogP contribution >= 0.6 is 23.5 Å². The number of H-pyrrole nitrogens is 1. The minimum absolute atomic E-state index is 0.00703. The summed E-state index contributed by atoms with van der Waals surface area (Å²) in [6, 6.07) is 9.35. The number of nitro benzene ring substituents is 1. The smallest absolute Gasteiger partial charge is 0.490 e. The first kappa shape index (κ1) is 49.0. The van der Waals surface area contributed by atoms with Crippen LogP contribution < -0.4 is 26.2 Å². The molecule has 63 heavy (non-hydrogen) atoms. The Morgan fingerprint density at radius 2 is 1.79 bits per heavy atom. The molecule has 1 aromatic heterocycles. The maximum absolute atomic E-state index is 12.9. The lowest BCUT2D eigenvalue weighted by molar-refractivity contribution is -0.384. The number of hydrogen-bond acceptors (Lipinski definition) is 17. The first-order valence-electron chi connectivity index (χ1n) is 18.6. The fraction of sp³-hybridized carbons (Fsp3) is 0.400. The molecule has 5 atom stereocenters. The van der Waals surface area contributed by atoms with Gasteiger partial charge in [-0.1, -0.05) is 18.2 Å². The van der Waals surface area contributed by atoms with E-state index in [0.29, 0.717) is 30.1 Å². The van der Waals surface area contributed by atoms with Crippen molar-refractivity contribution in [1.29, 1.82) is 0 Å². The molecule has 3 aromatic rings. The molecule has 0 saturated carbocycles. The lowest BCUT2D eigenvalue weighted by atomic mass is 9.88. The van der Waals surface area contributed by atoms with Gasteiger partial charge in [0.15, 0.2) is 0 Å². The summed E-state index contributed by atoms with van der Waals surface area (Å²) >= 11 is 0. The monoisotopic (exact) mass is 943 g/mol. The van der Waals surface area contributed by atoms with Gasteiger partial charge in [0, 0.05) is 61.6 Å². The van der Waals surface area contributed by atoms with E-state index in [-0.39, 0.29) is 36.5 Å². The van der Waals surface area contributed by atoms with Gasteiger partial charge >= 0.3 is 29.2 Å². The summed E-state index contributed by atoms with van der Waals surface area (Å²) in [4.78, 5) is 89.2. The third-order valence-corrected chi connectivity index (χ3v) is 13.2. The highest BCUT2D eigenvalue weighted by atomic mass is 31.3. The normalized spacial score (nSPS) is 20.6. The molecule has 1 amide bonds. The number of rotatable bonds is 19. The van der Waals surface area contributed by atoms with Crippen LogP contribution in [0.4, 0.5) is 22.7 Å². The number of phosphoric acid groups is 3. The van der Waals surface area contributed by atoms with Crippen LogP contribution in [0.15, 0.2) is 74.6 Å². The number of aromatic nitrogens is 2. The number of carbonyl (C=O) groups is 1. The van der Waals surface area contributed by atoms with Crippen molar-refractivity contribution in [1.82, 2.24) is 14.9 Å². The second kappa shape index (κ2) is 19.8. The number of benzene rings is 2. The minimum Gasteiger partial charge on any atom is -0.494 e. The largest absolute Gasteiger partial charge is 0.494 e. The minimum atomic E-state index is -5.78. The van der Waals surface area contributed by atoms with Crippen LogP contribution in [-0.2, 0) is 36.4 Å². The standard InChI is InChI=1S/C35H44N7O18P3/c1-21-18-35(2,3)41(27-16-29(56-4)26(15-25(21)27)39-38-23-9-11-24(12-10-23)42(47)48)14-6-8-31(44)36-13-5-7-22-19-40(34(46)37-33(22)45)32-17-28(43)30(58-32)20-57-62(52,53)60-63(54,55)59-61(49,50)51/h5,7,9-12,15-16,18-19,28,30,32,43H,6,8,13-14,17,20H2,1-4H3,(H,36,44)(H,52,53)(H,54,55)(H,37,45,46)(H2,49,50,51)/b7-5+,39-38+/t28?,30?,32-/m1/s1. The van der Waals surface area contributed by atoms with E-state index in [9.17, 15) is 53.1 Å². The van der Waals surface area contributed by atoms with Crippen molar-refractivity contribution in [2.45, 2.75) is 64.0 Å². The van der Waals surface area contributed by atoms with E-state index in [4.69, 9.17) is 19.3 Å². The van der Waals surface area contributed by atoms with Gasteiger partial charge in [0.1, 0.15) is 23.8 Å². The third kappa shape index (κ3) is 13.3. The second-order valence-corrected chi connectivity index (χ2v) is 18.9. The molecule has 1 fully saturated rings. The zero-order valence-electron chi connectivity index (χ0n) is 33.9. The number of nitrogens with zero attached hydrogens (tertiary/aromatic N) is 5. The van der Waals surface area contributed by atoms with Gasteiger partial charge in [-0.2, -0.15) is 13.7 Å². The molecule has 2 aromatic carbocycles. The Kier molecular flexibility index (Phi) is 15.4. The number of carbonyl (C=O) groups excluding carboxylic acids is 1. The highest BCUT2D eigenvalue weighted by Crippen LogP contribution is 2.66. The number of methoxy groups -OCH3 is 1. The van der Waals surface area contributed by atoms with Crippen LogP contribution in [0.25, 0.3) is 11.6 Å². The molecule has 3 heterocycles. The number of anilines is 1. The lowest BCUT2D eigenvalue weighted by Gasteiger charge is -2.43. The highest BCUT2D eigenvalue weighted by Gasteiger charge is 2.43. The number of ether oxygens (including phenoxy) is 2. The molecule has 28 heteroatoms. The number of amides is 1. The first-order valence-corrected chi connectivity index (χ1v) is 23.2. The van der Waals surface area contributed by atoms with Crippen LogP contribution in [0.5, 0.6) is 5.75 Å². The number of non-ortho nitro benzene ring substituents is 1. The molecule has 0 spiro atoms.